The molecule has 0 atom stereocenters. The number of carbonyl (C=O) groups excluding carboxylic acids is 1. The van der Waals surface area contributed by atoms with Gasteiger partial charge in [0.15, 0.2) is 0 Å². The first-order valence-corrected chi connectivity index (χ1v) is 9.19. The summed E-state index contributed by atoms with van der Waals surface area (Å²) >= 11 is 5.98. The van der Waals surface area contributed by atoms with Crippen LogP contribution in [-0.2, 0) is 9.05 Å². The van der Waals surface area contributed by atoms with Crippen molar-refractivity contribution in [2.75, 3.05) is 6.54 Å². The first kappa shape index (κ1) is 18.3. The Hall–Kier alpha value is -0.780. The molecule has 0 unspecified atom stereocenters. The number of rotatable bonds is 5. The van der Waals surface area contributed by atoms with Gasteiger partial charge in [0, 0.05) is 27.8 Å². The third kappa shape index (κ3) is 4.87. The Bertz CT molecular complexity index is 654. The number of carbonyl (C=O) groups is 1. The van der Waals surface area contributed by atoms with Crippen molar-refractivity contribution in [3.05, 3.63) is 28.3 Å². The van der Waals surface area contributed by atoms with Crippen LogP contribution < -0.4 is 5.32 Å². The first-order valence-electron chi connectivity index (χ1n) is 6.51. The lowest BCUT2D eigenvalue weighted by molar-refractivity contribution is 0.0935. The topological polar surface area (TPSA) is 63.2 Å². The molecule has 1 aromatic rings. The van der Waals surface area contributed by atoms with Crippen LogP contribution in [0.5, 0.6) is 0 Å². The standard InChI is InChI=1S/C14H19Cl2NO3S/c1-5-14(3,4)8-17-13(18)11-6-10(21(16,19)20)7-12(15)9(11)2/h6-7H,5,8H2,1-4H3,(H,17,18). The summed E-state index contributed by atoms with van der Waals surface area (Å²) in [5.74, 6) is -0.363. The second-order valence-corrected chi connectivity index (χ2v) is 8.69. The molecule has 7 heteroatoms. The fourth-order valence-electron chi connectivity index (χ4n) is 1.57. The number of benzene rings is 1. The zero-order valence-electron chi connectivity index (χ0n) is 12.5. The van der Waals surface area contributed by atoms with Crippen LogP contribution in [0.15, 0.2) is 17.0 Å². The zero-order chi connectivity index (χ0) is 16.4. The molecule has 0 aliphatic carbocycles. The van der Waals surface area contributed by atoms with E-state index in [1.165, 1.54) is 12.1 Å². The van der Waals surface area contributed by atoms with E-state index < -0.39 is 9.05 Å². The minimum Gasteiger partial charge on any atom is -0.351 e. The molecule has 0 fully saturated rings. The van der Waals surface area contributed by atoms with Gasteiger partial charge < -0.3 is 5.32 Å². The number of halogens is 2. The fourth-order valence-corrected chi connectivity index (χ4v) is 2.64. The maximum atomic E-state index is 12.3. The Balaban J connectivity index is 3.13. The van der Waals surface area contributed by atoms with Crippen molar-refractivity contribution in [3.8, 4) is 0 Å². The van der Waals surface area contributed by atoms with Gasteiger partial charge in [0.25, 0.3) is 15.0 Å². The number of amides is 1. The zero-order valence-corrected chi connectivity index (χ0v) is 14.8. The SMILES string of the molecule is CCC(C)(C)CNC(=O)c1cc(S(=O)(=O)Cl)cc(Cl)c1C. The highest BCUT2D eigenvalue weighted by Gasteiger charge is 2.21. The van der Waals surface area contributed by atoms with Crippen molar-refractivity contribution in [1.82, 2.24) is 5.32 Å². The largest absolute Gasteiger partial charge is 0.351 e. The maximum absolute atomic E-state index is 12.3. The molecule has 0 aliphatic rings. The third-order valence-corrected chi connectivity index (χ3v) is 5.25. The molecule has 0 saturated carbocycles. The fraction of sp³-hybridized carbons (Fsp3) is 0.500. The normalized spacial score (nSPS) is 12.3. The van der Waals surface area contributed by atoms with Gasteiger partial charge in [-0.25, -0.2) is 8.42 Å². The molecule has 4 nitrogen and oxygen atoms in total. The van der Waals surface area contributed by atoms with Crippen LogP contribution in [0.4, 0.5) is 0 Å². The Morgan fingerprint density at radius 1 is 1.33 bits per heavy atom. The lowest BCUT2D eigenvalue weighted by Gasteiger charge is -2.23. The number of nitrogens with one attached hydrogen (secondary N) is 1. The van der Waals surface area contributed by atoms with E-state index in [2.05, 4.69) is 5.32 Å². The van der Waals surface area contributed by atoms with Crippen LogP contribution in [0.2, 0.25) is 5.02 Å². The Kier molecular flexibility index (Phi) is 5.69. The lowest BCUT2D eigenvalue weighted by atomic mass is 9.90. The monoisotopic (exact) mass is 351 g/mol. The second kappa shape index (κ2) is 6.55. The summed E-state index contributed by atoms with van der Waals surface area (Å²) in [5, 5.41) is 2.99. The highest BCUT2D eigenvalue weighted by Crippen LogP contribution is 2.26. The first-order chi connectivity index (χ1) is 9.48. The van der Waals surface area contributed by atoms with Gasteiger partial charge in [-0.2, -0.15) is 0 Å². The molecule has 1 amide bonds. The summed E-state index contributed by atoms with van der Waals surface area (Å²) in [5.41, 5.74) is 0.699. The molecule has 0 aromatic heterocycles. The van der Waals surface area contributed by atoms with E-state index >= 15 is 0 Å². The van der Waals surface area contributed by atoms with Gasteiger partial charge >= 0.3 is 0 Å². The number of hydrogen-bond donors (Lipinski definition) is 1. The van der Waals surface area contributed by atoms with E-state index in [1.807, 2.05) is 20.8 Å². The summed E-state index contributed by atoms with van der Waals surface area (Å²) in [6, 6.07) is 2.49. The van der Waals surface area contributed by atoms with Crippen molar-refractivity contribution in [3.63, 3.8) is 0 Å². The summed E-state index contributed by atoms with van der Waals surface area (Å²) < 4.78 is 22.8. The quantitative estimate of drug-likeness (QED) is 0.821. The molecule has 118 valence electrons. The van der Waals surface area contributed by atoms with E-state index in [0.717, 1.165) is 6.42 Å². The molecule has 1 N–H and O–H groups in total. The van der Waals surface area contributed by atoms with E-state index in [4.69, 9.17) is 22.3 Å². The van der Waals surface area contributed by atoms with Crippen molar-refractivity contribution in [2.45, 2.75) is 39.0 Å². The maximum Gasteiger partial charge on any atom is 0.261 e. The molecular formula is C14H19Cl2NO3S. The van der Waals surface area contributed by atoms with Crippen LogP contribution in [0.1, 0.15) is 43.1 Å². The van der Waals surface area contributed by atoms with Crippen molar-refractivity contribution in [1.29, 1.82) is 0 Å². The summed E-state index contributed by atoms with van der Waals surface area (Å²) in [4.78, 5) is 12.1. The third-order valence-electron chi connectivity index (χ3n) is 3.53. The predicted octanol–water partition coefficient (Wildman–Crippen LogP) is 3.74. The van der Waals surface area contributed by atoms with Gasteiger partial charge in [0.2, 0.25) is 0 Å². The van der Waals surface area contributed by atoms with E-state index in [0.29, 0.717) is 12.1 Å². The van der Waals surface area contributed by atoms with Crippen LogP contribution in [-0.4, -0.2) is 20.9 Å². The smallest absolute Gasteiger partial charge is 0.261 e. The van der Waals surface area contributed by atoms with Crippen molar-refractivity contribution >= 4 is 37.2 Å². The number of hydrogen-bond acceptors (Lipinski definition) is 3. The summed E-state index contributed by atoms with van der Waals surface area (Å²) in [7, 11) is 1.38. The predicted molar refractivity (Wildman–Crippen MR) is 85.6 cm³/mol. The van der Waals surface area contributed by atoms with Gasteiger partial charge in [-0.3, -0.25) is 4.79 Å². The minimum absolute atomic E-state index is 0.0382. The Morgan fingerprint density at radius 2 is 1.90 bits per heavy atom. The minimum atomic E-state index is -3.94. The molecule has 21 heavy (non-hydrogen) atoms. The van der Waals surface area contributed by atoms with Crippen molar-refractivity contribution < 1.29 is 13.2 Å². The van der Waals surface area contributed by atoms with Crippen LogP contribution in [0.25, 0.3) is 0 Å². The van der Waals surface area contributed by atoms with Gasteiger partial charge in [-0.05, 0) is 36.5 Å². The van der Waals surface area contributed by atoms with E-state index in [9.17, 15) is 13.2 Å². The molecular weight excluding hydrogens is 333 g/mol. The van der Waals surface area contributed by atoms with Crippen LogP contribution in [0.3, 0.4) is 0 Å². The molecule has 0 saturated heterocycles. The lowest BCUT2D eigenvalue weighted by Crippen LogP contribution is -2.34. The molecule has 0 aliphatic heterocycles. The molecule has 1 aromatic carbocycles. The second-order valence-electron chi connectivity index (χ2n) is 5.72. The molecule has 1 rings (SSSR count). The van der Waals surface area contributed by atoms with Gasteiger partial charge in [0.05, 0.1) is 4.90 Å². The summed E-state index contributed by atoms with van der Waals surface area (Å²) in [6.45, 7) is 8.25. The van der Waals surface area contributed by atoms with Gasteiger partial charge in [-0.1, -0.05) is 32.4 Å². The highest BCUT2D eigenvalue weighted by atomic mass is 35.7. The van der Waals surface area contributed by atoms with E-state index in [-0.39, 0.29) is 26.8 Å². The van der Waals surface area contributed by atoms with Crippen LogP contribution in [0, 0.1) is 12.3 Å². The highest BCUT2D eigenvalue weighted by molar-refractivity contribution is 8.13. The van der Waals surface area contributed by atoms with Gasteiger partial charge in [-0.15, -0.1) is 0 Å². The Labute approximate surface area is 135 Å². The molecule has 0 bridgehead atoms. The van der Waals surface area contributed by atoms with E-state index in [1.54, 1.807) is 6.92 Å². The van der Waals surface area contributed by atoms with Crippen LogP contribution >= 0.6 is 22.3 Å². The van der Waals surface area contributed by atoms with Gasteiger partial charge in [0.1, 0.15) is 0 Å². The summed E-state index contributed by atoms with van der Waals surface area (Å²) in [6.07, 6.45) is 0.906. The average Bonchev–Trinajstić information content (AvgIpc) is 2.38. The molecule has 0 heterocycles. The van der Waals surface area contributed by atoms with Crippen molar-refractivity contribution in [2.24, 2.45) is 5.41 Å². The Morgan fingerprint density at radius 3 is 2.38 bits per heavy atom. The molecule has 0 radical (unpaired) electrons. The molecule has 0 spiro atoms. The average molecular weight is 352 g/mol.